The second-order valence-electron chi connectivity index (χ2n) is 8.00. The van der Waals surface area contributed by atoms with Gasteiger partial charge in [-0.15, -0.1) is 0 Å². The molecule has 28 heavy (non-hydrogen) atoms. The summed E-state index contributed by atoms with van der Waals surface area (Å²) in [5.74, 6) is 0.537. The molecule has 3 heterocycles. The second-order valence-corrected chi connectivity index (χ2v) is 8.00. The molecular weight excluding hydrogens is 348 g/mol. The van der Waals surface area contributed by atoms with Gasteiger partial charge in [0.1, 0.15) is 0 Å². The smallest absolute Gasteiger partial charge is 0.317 e. The number of urea groups is 1. The number of rotatable bonds is 5. The summed E-state index contributed by atoms with van der Waals surface area (Å²) >= 11 is 0. The minimum Gasteiger partial charge on any atom is -0.334 e. The van der Waals surface area contributed by atoms with E-state index in [0.717, 1.165) is 38.0 Å². The fourth-order valence-electron chi connectivity index (χ4n) is 4.30. The van der Waals surface area contributed by atoms with Gasteiger partial charge in [-0.2, -0.15) is 0 Å². The van der Waals surface area contributed by atoms with Crippen LogP contribution >= 0.6 is 0 Å². The fraction of sp³-hybridized carbons (Fsp3) is 0.478. The van der Waals surface area contributed by atoms with Gasteiger partial charge in [-0.3, -0.25) is 9.88 Å². The van der Waals surface area contributed by atoms with Crippen molar-refractivity contribution in [1.82, 2.24) is 20.1 Å². The highest BCUT2D eigenvalue weighted by Gasteiger charge is 2.23. The van der Waals surface area contributed by atoms with Crippen LogP contribution in [0.1, 0.15) is 48.3 Å². The molecule has 2 aliphatic rings. The van der Waals surface area contributed by atoms with Gasteiger partial charge in [0.15, 0.2) is 0 Å². The van der Waals surface area contributed by atoms with E-state index < -0.39 is 0 Å². The Balaban J connectivity index is 1.21. The standard InChI is InChI=1S/C23H30N4O/c28-23(27-15-9-22(10-16-27)21-7-11-24-12-8-21)25-17-19-3-5-20(6-4-19)18-26-13-1-2-14-26/h3-8,11-12,22H,1-2,9-10,13-18H2,(H,25,28). The SMILES string of the molecule is O=C(NCc1ccc(CN2CCCC2)cc1)N1CCC(c2ccncc2)CC1. The molecule has 0 aliphatic carbocycles. The number of likely N-dealkylation sites (tertiary alicyclic amines) is 2. The lowest BCUT2D eigenvalue weighted by molar-refractivity contribution is 0.181. The number of carbonyl (C=O) groups excluding carboxylic acids is 1. The molecule has 1 aromatic carbocycles. The molecule has 2 amide bonds. The van der Waals surface area contributed by atoms with Gasteiger partial charge in [0.05, 0.1) is 0 Å². The van der Waals surface area contributed by atoms with Crippen LogP contribution in [0, 0.1) is 0 Å². The summed E-state index contributed by atoms with van der Waals surface area (Å²) in [6.45, 7) is 5.69. The molecule has 0 atom stereocenters. The number of carbonyl (C=O) groups is 1. The number of benzene rings is 1. The average Bonchev–Trinajstić information content (AvgIpc) is 3.27. The molecule has 2 aliphatic heterocycles. The Morgan fingerprint density at radius 1 is 0.929 bits per heavy atom. The van der Waals surface area contributed by atoms with Crippen molar-refractivity contribution in [3.63, 3.8) is 0 Å². The molecule has 0 bridgehead atoms. The number of nitrogens with one attached hydrogen (secondary N) is 1. The van der Waals surface area contributed by atoms with Crippen molar-refractivity contribution in [2.75, 3.05) is 26.2 Å². The van der Waals surface area contributed by atoms with Crippen LogP contribution < -0.4 is 5.32 Å². The predicted octanol–water partition coefficient (Wildman–Crippen LogP) is 3.77. The summed E-state index contributed by atoms with van der Waals surface area (Å²) in [4.78, 5) is 21.1. The van der Waals surface area contributed by atoms with Crippen molar-refractivity contribution >= 4 is 6.03 Å². The highest BCUT2D eigenvalue weighted by molar-refractivity contribution is 5.74. The molecule has 5 heteroatoms. The van der Waals surface area contributed by atoms with Gasteiger partial charge in [-0.1, -0.05) is 24.3 Å². The molecular formula is C23H30N4O. The van der Waals surface area contributed by atoms with Crippen LogP contribution in [-0.4, -0.2) is 47.0 Å². The zero-order chi connectivity index (χ0) is 19.2. The van der Waals surface area contributed by atoms with E-state index in [0.29, 0.717) is 12.5 Å². The van der Waals surface area contributed by atoms with E-state index in [1.54, 1.807) is 0 Å². The van der Waals surface area contributed by atoms with E-state index in [1.807, 2.05) is 17.3 Å². The van der Waals surface area contributed by atoms with Crippen LogP contribution in [0.5, 0.6) is 0 Å². The van der Waals surface area contributed by atoms with Gasteiger partial charge < -0.3 is 10.2 Å². The lowest BCUT2D eigenvalue weighted by Crippen LogP contribution is -2.43. The Labute approximate surface area is 167 Å². The minimum atomic E-state index is 0.0503. The highest BCUT2D eigenvalue weighted by Crippen LogP contribution is 2.27. The molecule has 2 aromatic rings. The maximum Gasteiger partial charge on any atom is 0.317 e. The Morgan fingerprint density at radius 3 is 2.25 bits per heavy atom. The van der Waals surface area contributed by atoms with Crippen molar-refractivity contribution in [3.05, 3.63) is 65.5 Å². The van der Waals surface area contributed by atoms with Crippen LogP contribution in [0.15, 0.2) is 48.8 Å². The topological polar surface area (TPSA) is 48.5 Å². The third-order valence-electron chi connectivity index (χ3n) is 6.03. The quantitative estimate of drug-likeness (QED) is 0.862. The monoisotopic (exact) mass is 378 g/mol. The van der Waals surface area contributed by atoms with E-state index in [-0.39, 0.29) is 6.03 Å². The number of amides is 2. The second kappa shape index (κ2) is 9.20. The van der Waals surface area contributed by atoms with Crippen molar-refractivity contribution < 1.29 is 4.79 Å². The number of pyridine rings is 1. The fourth-order valence-corrected chi connectivity index (χ4v) is 4.30. The summed E-state index contributed by atoms with van der Waals surface area (Å²) in [6.07, 6.45) is 8.38. The van der Waals surface area contributed by atoms with Gasteiger partial charge in [-0.25, -0.2) is 4.79 Å². The van der Waals surface area contributed by atoms with Crippen molar-refractivity contribution in [3.8, 4) is 0 Å². The van der Waals surface area contributed by atoms with Crippen LogP contribution in [0.4, 0.5) is 4.79 Å². The number of piperidine rings is 1. The average molecular weight is 379 g/mol. The minimum absolute atomic E-state index is 0.0503. The lowest BCUT2D eigenvalue weighted by Gasteiger charge is -2.32. The summed E-state index contributed by atoms with van der Waals surface area (Å²) in [6, 6.07) is 12.9. The first-order valence-corrected chi connectivity index (χ1v) is 10.5. The summed E-state index contributed by atoms with van der Waals surface area (Å²) in [7, 11) is 0. The molecule has 0 radical (unpaired) electrons. The highest BCUT2D eigenvalue weighted by atomic mass is 16.2. The number of hydrogen-bond acceptors (Lipinski definition) is 3. The largest absolute Gasteiger partial charge is 0.334 e. The van der Waals surface area contributed by atoms with E-state index >= 15 is 0 Å². The zero-order valence-corrected chi connectivity index (χ0v) is 16.5. The Morgan fingerprint density at radius 2 is 1.57 bits per heavy atom. The predicted molar refractivity (Wildman–Crippen MR) is 111 cm³/mol. The summed E-state index contributed by atoms with van der Waals surface area (Å²) < 4.78 is 0. The molecule has 5 nitrogen and oxygen atoms in total. The molecule has 0 saturated carbocycles. The van der Waals surface area contributed by atoms with Gasteiger partial charge in [0.25, 0.3) is 0 Å². The maximum absolute atomic E-state index is 12.5. The van der Waals surface area contributed by atoms with Gasteiger partial charge in [-0.05, 0) is 73.5 Å². The normalized spacial score (nSPS) is 18.4. The first-order valence-electron chi connectivity index (χ1n) is 10.5. The van der Waals surface area contributed by atoms with Crippen LogP contribution in [0.3, 0.4) is 0 Å². The van der Waals surface area contributed by atoms with Crippen LogP contribution in [0.2, 0.25) is 0 Å². The first-order chi connectivity index (χ1) is 13.8. The van der Waals surface area contributed by atoms with E-state index in [9.17, 15) is 4.79 Å². The number of nitrogens with zero attached hydrogens (tertiary/aromatic N) is 3. The van der Waals surface area contributed by atoms with E-state index in [4.69, 9.17) is 0 Å². The molecule has 4 rings (SSSR count). The molecule has 0 unspecified atom stereocenters. The molecule has 2 saturated heterocycles. The van der Waals surface area contributed by atoms with Crippen molar-refractivity contribution in [1.29, 1.82) is 0 Å². The van der Waals surface area contributed by atoms with Crippen molar-refractivity contribution in [2.24, 2.45) is 0 Å². The number of hydrogen-bond donors (Lipinski definition) is 1. The number of aromatic nitrogens is 1. The molecule has 1 aromatic heterocycles. The first kappa shape index (κ1) is 18.9. The molecule has 2 fully saturated rings. The van der Waals surface area contributed by atoms with Gasteiger partial charge >= 0.3 is 6.03 Å². The lowest BCUT2D eigenvalue weighted by atomic mass is 9.90. The molecule has 0 spiro atoms. The third kappa shape index (κ3) is 4.90. The third-order valence-corrected chi connectivity index (χ3v) is 6.03. The summed E-state index contributed by atoms with van der Waals surface area (Å²) in [5, 5.41) is 3.08. The molecule has 148 valence electrons. The Hall–Kier alpha value is -2.40. The van der Waals surface area contributed by atoms with Crippen molar-refractivity contribution in [2.45, 2.75) is 44.7 Å². The Bertz CT molecular complexity index is 748. The Kier molecular flexibility index (Phi) is 6.22. The molecule has 1 N–H and O–H groups in total. The van der Waals surface area contributed by atoms with Gasteiger partial charge in [0.2, 0.25) is 0 Å². The van der Waals surface area contributed by atoms with Crippen LogP contribution in [-0.2, 0) is 13.1 Å². The van der Waals surface area contributed by atoms with E-state index in [1.165, 1.54) is 37.1 Å². The van der Waals surface area contributed by atoms with Crippen LogP contribution in [0.25, 0.3) is 0 Å². The van der Waals surface area contributed by atoms with Gasteiger partial charge in [0, 0.05) is 38.6 Å². The maximum atomic E-state index is 12.5. The van der Waals surface area contributed by atoms with E-state index in [2.05, 4.69) is 51.6 Å². The summed E-state index contributed by atoms with van der Waals surface area (Å²) in [5.41, 5.74) is 3.85. The zero-order valence-electron chi connectivity index (χ0n) is 16.5.